The number of nitrogens with one attached hydrogen (secondary N) is 1. The van der Waals surface area contributed by atoms with Gasteiger partial charge in [0, 0.05) is 11.1 Å². The van der Waals surface area contributed by atoms with Crippen LogP contribution >= 0.6 is 12.2 Å². The van der Waals surface area contributed by atoms with Crippen LogP contribution < -0.4 is 4.74 Å². The highest BCUT2D eigenvalue weighted by atomic mass is 32.1. The van der Waals surface area contributed by atoms with Crippen molar-refractivity contribution in [3.63, 3.8) is 0 Å². The zero-order valence-electron chi connectivity index (χ0n) is 8.53. The third-order valence-electron chi connectivity index (χ3n) is 2.14. The molecule has 1 N–H and O–H groups in total. The lowest BCUT2D eigenvalue weighted by Gasteiger charge is -2.07. The van der Waals surface area contributed by atoms with E-state index in [1.54, 1.807) is 18.3 Å². The van der Waals surface area contributed by atoms with Crippen molar-refractivity contribution in [1.29, 1.82) is 0 Å². The molecule has 16 heavy (non-hydrogen) atoms. The van der Waals surface area contributed by atoms with E-state index in [1.165, 1.54) is 19.2 Å². The number of methoxy groups -OCH3 is 1. The molecule has 0 saturated carbocycles. The Morgan fingerprint density at radius 1 is 1.38 bits per heavy atom. The zero-order valence-corrected chi connectivity index (χ0v) is 9.34. The van der Waals surface area contributed by atoms with Crippen molar-refractivity contribution in [2.45, 2.75) is 0 Å². The summed E-state index contributed by atoms with van der Waals surface area (Å²) in [5, 5.41) is 6.48. The first-order valence-electron chi connectivity index (χ1n) is 4.59. The van der Waals surface area contributed by atoms with E-state index in [1.807, 2.05) is 0 Å². The Kier molecular flexibility index (Phi) is 2.96. The molecule has 2 aromatic rings. The molecule has 0 aliphatic carbocycles. The van der Waals surface area contributed by atoms with Crippen LogP contribution in [0.15, 0.2) is 30.5 Å². The fraction of sp³-hybridized carbons (Fsp3) is 0.0909. The summed E-state index contributed by atoms with van der Waals surface area (Å²) in [6.45, 7) is 0. The minimum atomic E-state index is -0.324. The van der Waals surface area contributed by atoms with Crippen LogP contribution in [0.2, 0.25) is 0 Å². The van der Waals surface area contributed by atoms with Crippen LogP contribution in [-0.2, 0) is 0 Å². The summed E-state index contributed by atoms with van der Waals surface area (Å²) in [5.74, 6) is 0.262. The second-order valence-electron chi connectivity index (χ2n) is 3.18. The summed E-state index contributed by atoms with van der Waals surface area (Å²) < 4.78 is 18.8. The zero-order chi connectivity index (χ0) is 11.5. The van der Waals surface area contributed by atoms with E-state index in [0.717, 1.165) is 5.56 Å². The Hall–Kier alpha value is -1.75. The fourth-order valence-electron chi connectivity index (χ4n) is 1.43. The van der Waals surface area contributed by atoms with E-state index in [9.17, 15) is 4.39 Å². The topological polar surface area (TPSA) is 37.9 Å². The molecular weight excluding hydrogens is 227 g/mol. The summed E-state index contributed by atoms with van der Waals surface area (Å²) in [4.78, 5) is 0. The molecule has 0 atom stereocenters. The summed E-state index contributed by atoms with van der Waals surface area (Å²) >= 11 is 4.96. The van der Waals surface area contributed by atoms with Gasteiger partial charge in [-0.05, 0) is 24.3 Å². The molecule has 82 valence electrons. The lowest BCUT2D eigenvalue weighted by atomic mass is 10.1. The Balaban J connectivity index is 2.62. The lowest BCUT2D eigenvalue weighted by Crippen LogP contribution is -1.91. The van der Waals surface area contributed by atoms with E-state index in [2.05, 4.69) is 10.2 Å². The van der Waals surface area contributed by atoms with Crippen molar-refractivity contribution in [2.24, 2.45) is 0 Å². The molecule has 0 aliphatic rings. The minimum absolute atomic E-state index is 0.324. The van der Waals surface area contributed by atoms with Gasteiger partial charge in [-0.25, -0.2) is 4.39 Å². The lowest BCUT2D eigenvalue weighted by molar-refractivity contribution is 0.415. The van der Waals surface area contributed by atoms with E-state index in [0.29, 0.717) is 16.0 Å². The number of hydrogen-bond acceptors (Lipinski definition) is 3. The fourth-order valence-corrected chi connectivity index (χ4v) is 1.61. The Bertz CT molecular complexity index is 568. The number of aromatic nitrogens is 2. The molecule has 0 spiro atoms. The first-order valence-corrected chi connectivity index (χ1v) is 5.00. The Morgan fingerprint density at radius 3 is 2.88 bits per heavy atom. The highest BCUT2D eigenvalue weighted by molar-refractivity contribution is 7.71. The van der Waals surface area contributed by atoms with Crippen LogP contribution in [-0.4, -0.2) is 17.3 Å². The number of aromatic amines is 1. The molecule has 0 unspecified atom stereocenters. The van der Waals surface area contributed by atoms with Crippen LogP contribution in [0.1, 0.15) is 0 Å². The van der Waals surface area contributed by atoms with Gasteiger partial charge in [-0.1, -0.05) is 12.2 Å². The summed E-state index contributed by atoms with van der Waals surface area (Å²) in [5.41, 5.74) is 1.36. The Labute approximate surface area is 96.9 Å². The molecule has 0 amide bonds. The molecule has 0 aliphatic heterocycles. The molecule has 0 bridgehead atoms. The largest absolute Gasteiger partial charge is 0.496 e. The van der Waals surface area contributed by atoms with Crippen LogP contribution in [0.25, 0.3) is 11.1 Å². The van der Waals surface area contributed by atoms with Crippen molar-refractivity contribution in [1.82, 2.24) is 10.2 Å². The van der Waals surface area contributed by atoms with Crippen molar-refractivity contribution < 1.29 is 9.13 Å². The van der Waals surface area contributed by atoms with E-state index in [4.69, 9.17) is 17.0 Å². The minimum Gasteiger partial charge on any atom is -0.496 e. The number of halogens is 1. The van der Waals surface area contributed by atoms with Gasteiger partial charge in [0.05, 0.1) is 13.3 Å². The molecule has 0 fully saturated rings. The highest BCUT2D eigenvalue weighted by Gasteiger charge is 2.07. The van der Waals surface area contributed by atoms with E-state index in [-0.39, 0.29) is 5.82 Å². The third kappa shape index (κ3) is 2.09. The number of rotatable bonds is 2. The molecule has 0 radical (unpaired) electrons. The SMILES string of the molecule is COc1ccc(F)cc1-c1cn[nH]c(=S)c1. The van der Waals surface area contributed by atoms with Crippen LogP contribution in [0.5, 0.6) is 5.75 Å². The molecule has 1 aromatic heterocycles. The number of benzene rings is 1. The molecule has 1 heterocycles. The van der Waals surface area contributed by atoms with Gasteiger partial charge in [0.25, 0.3) is 0 Å². The molecular formula is C11H9FN2OS. The molecule has 0 saturated heterocycles. The number of hydrogen-bond donors (Lipinski definition) is 1. The standard InChI is InChI=1S/C11H9FN2OS/c1-15-10-3-2-8(12)5-9(10)7-4-11(16)14-13-6-7/h2-6H,1H3,(H,14,16). The van der Waals surface area contributed by atoms with Gasteiger partial charge in [0.1, 0.15) is 16.2 Å². The van der Waals surface area contributed by atoms with Gasteiger partial charge in [-0.3, -0.25) is 5.10 Å². The van der Waals surface area contributed by atoms with Gasteiger partial charge in [-0.15, -0.1) is 0 Å². The van der Waals surface area contributed by atoms with E-state index < -0.39 is 0 Å². The molecule has 2 rings (SSSR count). The van der Waals surface area contributed by atoms with Gasteiger partial charge in [-0.2, -0.15) is 5.10 Å². The van der Waals surface area contributed by atoms with Crippen molar-refractivity contribution in [3.8, 4) is 16.9 Å². The number of ether oxygens (including phenoxy) is 1. The van der Waals surface area contributed by atoms with Crippen LogP contribution in [0.3, 0.4) is 0 Å². The second-order valence-corrected chi connectivity index (χ2v) is 3.62. The van der Waals surface area contributed by atoms with Crippen LogP contribution in [0, 0.1) is 10.5 Å². The first-order chi connectivity index (χ1) is 7.70. The molecule has 5 heteroatoms. The van der Waals surface area contributed by atoms with E-state index >= 15 is 0 Å². The highest BCUT2D eigenvalue weighted by Crippen LogP contribution is 2.29. The van der Waals surface area contributed by atoms with Gasteiger partial charge < -0.3 is 4.74 Å². The maximum absolute atomic E-state index is 13.2. The normalized spacial score (nSPS) is 10.1. The predicted molar refractivity (Wildman–Crippen MR) is 61.4 cm³/mol. The summed E-state index contributed by atoms with van der Waals surface area (Å²) in [6, 6.07) is 6.02. The smallest absolute Gasteiger partial charge is 0.126 e. The van der Waals surface area contributed by atoms with Crippen molar-refractivity contribution in [3.05, 3.63) is 40.9 Å². The maximum Gasteiger partial charge on any atom is 0.126 e. The molecule has 1 aromatic carbocycles. The predicted octanol–water partition coefficient (Wildman–Crippen LogP) is 2.95. The number of H-pyrrole nitrogens is 1. The quantitative estimate of drug-likeness (QED) is 0.815. The average Bonchev–Trinajstić information content (AvgIpc) is 2.29. The van der Waals surface area contributed by atoms with Crippen molar-refractivity contribution >= 4 is 12.2 Å². The summed E-state index contributed by atoms with van der Waals surface area (Å²) in [6.07, 6.45) is 1.58. The van der Waals surface area contributed by atoms with Gasteiger partial charge in [0.2, 0.25) is 0 Å². The van der Waals surface area contributed by atoms with Crippen molar-refractivity contribution in [2.75, 3.05) is 7.11 Å². The molecule has 3 nitrogen and oxygen atoms in total. The van der Waals surface area contributed by atoms with Gasteiger partial charge >= 0.3 is 0 Å². The third-order valence-corrected chi connectivity index (χ3v) is 2.35. The van der Waals surface area contributed by atoms with Gasteiger partial charge in [0.15, 0.2) is 0 Å². The first kappa shape index (κ1) is 10.8. The summed E-state index contributed by atoms with van der Waals surface area (Å²) in [7, 11) is 1.54. The number of nitrogens with zero attached hydrogens (tertiary/aromatic N) is 1. The monoisotopic (exact) mass is 236 g/mol. The maximum atomic E-state index is 13.2. The second kappa shape index (κ2) is 4.40. The van der Waals surface area contributed by atoms with Crippen LogP contribution in [0.4, 0.5) is 4.39 Å². The average molecular weight is 236 g/mol. The Morgan fingerprint density at radius 2 is 2.19 bits per heavy atom.